The second kappa shape index (κ2) is 7.48. The minimum absolute atomic E-state index is 0.0769. The molecule has 0 fully saturated rings. The highest BCUT2D eigenvalue weighted by atomic mass is 32.2. The van der Waals surface area contributed by atoms with Gasteiger partial charge in [0.05, 0.1) is 5.75 Å². The Kier molecular flexibility index (Phi) is 5.14. The van der Waals surface area contributed by atoms with Crippen molar-refractivity contribution in [2.45, 2.75) is 11.8 Å². The minimum atomic E-state index is -0.569. The van der Waals surface area contributed by atoms with E-state index in [0.29, 0.717) is 5.69 Å². The Morgan fingerprint density at radius 1 is 1.16 bits per heavy atom. The van der Waals surface area contributed by atoms with E-state index < -0.39 is 17.5 Å². The Hall–Kier alpha value is -2.67. The van der Waals surface area contributed by atoms with Crippen LogP contribution in [0, 0.1) is 18.6 Å². The Balaban J connectivity index is 1.60. The fraction of sp³-hybridized carbons (Fsp3) is 0.111. The van der Waals surface area contributed by atoms with Crippen LogP contribution in [0.15, 0.2) is 57.9 Å². The van der Waals surface area contributed by atoms with Gasteiger partial charge in [-0.2, -0.15) is 0 Å². The monoisotopic (exact) mass is 360 g/mol. The second-order valence-electron chi connectivity index (χ2n) is 5.35. The molecule has 3 aromatic rings. The van der Waals surface area contributed by atoms with Crippen molar-refractivity contribution in [1.82, 2.24) is 5.16 Å². The summed E-state index contributed by atoms with van der Waals surface area (Å²) in [5, 5.41) is 6.45. The summed E-state index contributed by atoms with van der Waals surface area (Å²) >= 11 is 0.904. The molecule has 0 unspecified atom stereocenters. The van der Waals surface area contributed by atoms with E-state index in [0.717, 1.165) is 41.1 Å². The third-order valence-electron chi connectivity index (χ3n) is 3.37. The Morgan fingerprint density at radius 3 is 2.68 bits per heavy atom. The van der Waals surface area contributed by atoms with Crippen LogP contribution < -0.4 is 5.32 Å². The normalized spacial score (nSPS) is 10.7. The van der Waals surface area contributed by atoms with Gasteiger partial charge >= 0.3 is 0 Å². The maximum absolute atomic E-state index is 13.5. The van der Waals surface area contributed by atoms with Crippen molar-refractivity contribution >= 4 is 23.6 Å². The molecule has 0 aliphatic rings. The molecule has 128 valence electrons. The van der Waals surface area contributed by atoms with Crippen LogP contribution in [0.5, 0.6) is 0 Å². The predicted molar refractivity (Wildman–Crippen MR) is 92.4 cm³/mol. The van der Waals surface area contributed by atoms with E-state index in [1.165, 1.54) is 0 Å². The van der Waals surface area contributed by atoms with Crippen LogP contribution in [0.2, 0.25) is 0 Å². The van der Waals surface area contributed by atoms with E-state index in [1.807, 2.05) is 31.2 Å². The zero-order valence-electron chi connectivity index (χ0n) is 13.3. The number of halogens is 2. The maximum Gasteiger partial charge on any atom is 0.237 e. The highest BCUT2D eigenvalue weighted by molar-refractivity contribution is 8.00. The van der Waals surface area contributed by atoms with Gasteiger partial charge in [-0.1, -0.05) is 35.0 Å². The van der Waals surface area contributed by atoms with Gasteiger partial charge in [0.2, 0.25) is 11.8 Å². The largest absolute Gasteiger partial charge is 0.338 e. The lowest BCUT2D eigenvalue weighted by Gasteiger charge is -2.03. The SMILES string of the molecule is Cc1ccc(-c2cc(NC(=O)CSc3cc(F)ccc3F)on2)cc1. The number of thioether (sulfide) groups is 1. The number of nitrogens with zero attached hydrogens (tertiary/aromatic N) is 1. The third kappa shape index (κ3) is 4.45. The van der Waals surface area contributed by atoms with Gasteiger partial charge in [-0.15, -0.1) is 11.8 Å². The first-order valence-electron chi connectivity index (χ1n) is 7.43. The molecule has 0 radical (unpaired) electrons. The molecule has 0 aliphatic heterocycles. The summed E-state index contributed by atoms with van der Waals surface area (Å²) in [6, 6.07) is 12.4. The van der Waals surface area contributed by atoms with Crippen LogP contribution in [-0.2, 0) is 4.79 Å². The van der Waals surface area contributed by atoms with E-state index in [2.05, 4.69) is 10.5 Å². The van der Waals surface area contributed by atoms with E-state index in [-0.39, 0.29) is 16.5 Å². The molecule has 0 aliphatic carbocycles. The van der Waals surface area contributed by atoms with Crippen LogP contribution in [0.4, 0.5) is 14.7 Å². The van der Waals surface area contributed by atoms with Crippen LogP contribution >= 0.6 is 11.8 Å². The summed E-state index contributed by atoms with van der Waals surface area (Å²) in [7, 11) is 0. The van der Waals surface area contributed by atoms with Gasteiger partial charge in [-0.3, -0.25) is 10.1 Å². The van der Waals surface area contributed by atoms with Crippen molar-refractivity contribution in [3.8, 4) is 11.3 Å². The van der Waals surface area contributed by atoms with E-state index in [1.54, 1.807) is 6.07 Å². The number of aromatic nitrogens is 1. The molecule has 1 amide bonds. The molecular formula is C18H14F2N2O2S. The molecule has 0 atom stereocenters. The molecule has 0 bridgehead atoms. The second-order valence-corrected chi connectivity index (χ2v) is 6.37. The number of nitrogens with one attached hydrogen (secondary N) is 1. The number of benzene rings is 2. The third-order valence-corrected chi connectivity index (χ3v) is 4.40. The van der Waals surface area contributed by atoms with Crippen LogP contribution in [0.25, 0.3) is 11.3 Å². The molecule has 25 heavy (non-hydrogen) atoms. The fourth-order valence-corrected chi connectivity index (χ4v) is 2.86. The molecule has 7 heteroatoms. The summed E-state index contributed by atoms with van der Waals surface area (Å²) in [5.74, 6) is -1.41. The van der Waals surface area contributed by atoms with Crippen molar-refractivity contribution < 1.29 is 18.1 Å². The molecule has 0 saturated heterocycles. The average Bonchev–Trinajstić information content (AvgIpc) is 3.05. The molecule has 1 N–H and O–H groups in total. The van der Waals surface area contributed by atoms with Gasteiger partial charge < -0.3 is 4.52 Å². The average molecular weight is 360 g/mol. The zero-order valence-corrected chi connectivity index (χ0v) is 14.1. The van der Waals surface area contributed by atoms with E-state index >= 15 is 0 Å². The molecule has 0 spiro atoms. The van der Waals surface area contributed by atoms with Crippen LogP contribution in [-0.4, -0.2) is 16.8 Å². The zero-order chi connectivity index (χ0) is 17.8. The van der Waals surface area contributed by atoms with Crippen molar-refractivity contribution in [3.63, 3.8) is 0 Å². The first-order valence-corrected chi connectivity index (χ1v) is 8.41. The molecule has 1 aromatic heterocycles. The Morgan fingerprint density at radius 2 is 1.92 bits per heavy atom. The molecular weight excluding hydrogens is 346 g/mol. The van der Waals surface area contributed by atoms with Crippen molar-refractivity contribution in [3.05, 3.63) is 65.7 Å². The minimum Gasteiger partial charge on any atom is -0.338 e. The van der Waals surface area contributed by atoms with E-state index in [9.17, 15) is 13.6 Å². The maximum atomic E-state index is 13.5. The number of rotatable bonds is 5. The Bertz CT molecular complexity index is 894. The summed E-state index contributed by atoms with van der Waals surface area (Å²) in [6.07, 6.45) is 0. The lowest BCUT2D eigenvalue weighted by atomic mass is 10.1. The van der Waals surface area contributed by atoms with Crippen LogP contribution in [0.3, 0.4) is 0 Å². The van der Waals surface area contributed by atoms with Crippen LogP contribution in [0.1, 0.15) is 5.56 Å². The standard InChI is InChI=1S/C18H14F2N2O2S/c1-11-2-4-12(5-3-11)15-9-18(24-22-15)21-17(23)10-25-16-8-13(19)6-7-14(16)20/h2-9H,10H2,1H3,(H,21,23). The number of hydrogen-bond donors (Lipinski definition) is 1. The molecule has 0 saturated carbocycles. The number of hydrogen-bond acceptors (Lipinski definition) is 4. The summed E-state index contributed by atoms with van der Waals surface area (Å²) < 4.78 is 31.7. The first-order chi connectivity index (χ1) is 12.0. The first kappa shape index (κ1) is 17.2. The van der Waals surface area contributed by atoms with Gasteiger partial charge in [0.15, 0.2) is 0 Å². The quantitative estimate of drug-likeness (QED) is 0.673. The molecule has 4 nitrogen and oxygen atoms in total. The van der Waals surface area contributed by atoms with Gasteiger partial charge in [0.1, 0.15) is 17.3 Å². The number of amides is 1. The number of carbonyl (C=O) groups is 1. The highest BCUT2D eigenvalue weighted by Crippen LogP contribution is 2.24. The summed E-state index contributed by atoms with van der Waals surface area (Å²) in [5.41, 5.74) is 2.59. The highest BCUT2D eigenvalue weighted by Gasteiger charge is 2.12. The van der Waals surface area contributed by atoms with Gasteiger partial charge in [-0.25, -0.2) is 8.78 Å². The Labute approximate surface area is 147 Å². The topological polar surface area (TPSA) is 55.1 Å². The molecule has 1 heterocycles. The van der Waals surface area contributed by atoms with Crippen molar-refractivity contribution in [2.24, 2.45) is 0 Å². The van der Waals surface area contributed by atoms with Gasteiger partial charge in [-0.05, 0) is 25.1 Å². The van der Waals surface area contributed by atoms with Crippen molar-refractivity contribution in [1.29, 1.82) is 0 Å². The lowest BCUT2D eigenvalue weighted by Crippen LogP contribution is -2.13. The number of aryl methyl sites for hydroxylation is 1. The predicted octanol–water partition coefficient (Wildman–Crippen LogP) is 4.66. The number of carbonyl (C=O) groups excluding carboxylic acids is 1. The molecule has 2 aromatic carbocycles. The van der Waals surface area contributed by atoms with Gasteiger partial charge in [0, 0.05) is 16.5 Å². The van der Waals surface area contributed by atoms with E-state index in [4.69, 9.17) is 4.52 Å². The lowest BCUT2D eigenvalue weighted by molar-refractivity contribution is -0.113. The summed E-state index contributed by atoms with van der Waals surface area (Å²) in [4.78, 5) is 12.0. The fourth-order valence-electron chi connectivity index (χ4n) is 2.10. The molecule has 3 rings (SSSR count). The smallest absolute Gasteiger partial charge is 0.237 e. The van der Waals surface area contributed by atoms with Gasteiger partial charge in [0.25, 0.3) is 0 Å². The number of anilines is 1. The summed E-state index contributed by atoms with van der Waals surface area (Å²) in [6.45, 7) is 1.98. The van der Waals surface area contributed by atoms with Crippen molar-refractivity contribution in [2.75, 3.05) is 11.1 Å².